The maximum Gasteiger partial charge on any atom is 0.343 e. The fraction of sp³-hybridized carbons (Fsp3) is 0.217. The van der Waals surface area contributed by atoms with Crippen LogP contribution in [0.5, 0.6) is 11.5 Å². The summed E-state index contributed by atoms with van der Waals surface area (Å²) in [5, 5.41) is -0.535. The van der Waals surface area contributed by atoms with E-state index >= 15 is 0 Å². The molecule has 0 saturated carbocycles. The first kappa shape index (κ1) is 23.1. The Kier molecular flexibility index (Phi) is 7.32. The third kappa shape index (κ3) is 5.76. The van der Waals surface area contributed by atoms with Crippen LogP contribution in [-0.4, -0.2) is 47.7 Å². The van der Waals surface area contributed by atoms with Crippen LogP contribution in [0.2, 0.25) is 0 Å². The lowest BCUT2D eigenvalue weighted by Crippen LogP contribution is -2.35. The van der Waals surface area contributed by atoms with Crippen molar-refractivity contribution in [2.75, 3.05) is 13.7 Å². The molecule has 8 nitrogen and oxygen atoms in total. The maximum atomic E-state index is 12.5. The lowest BCUT2D eigenvalue weighted by molar-refractivity contribution is -0.149. The van der Waals surface area contributed by atoms with E-state index in [9.17, 15) is 19.2 Å². The van der Waals surface area contributed by atoms with Gasteiger partial charge in [0.05, 0.1) is 23.7 Å². The monoisotopic (exact) mass is 455 g/mol. The number of nitrogens with zero attached hydrogens (tertiary/aromatic N) is 1. The number of carbonyl (C=O) groups is 4. The summed E-state index contributed by atoms with van der Waals surface area (Å²) in [6, 6.07) is 13.0. The van der Waals surface area contributed by atoms with Gasteiger partial charge in [-0.25, -0.2) is 4.79 Å². The molecule has 0 aromatic heterocycles. The van der Waals surface area contributed by atoms with Gasteiger partial charge in [-0.1, -0.05) is 12.1 Å². The van der Waals surface area contributed by atoms with Crippen molar-refractivity contribution in [3.8, 4) is 11.5 Å². The third-order valence-corrected chi connectivity index (χ3v) is 5.15. The molecule has 0 radical (unpaired) electrons. The Morgan fingerprint density at radius 1 is 1.00 bits per heavy atom. The van der Waals surface area contributed by atoms with E-state index in [1.54, 1.807) is 62.4 Å². The van der Waals surface area contributed by atoms with Crippen molar-refractivity contribution in [2.24, 2.45) is 0 Å². The van der Waals surface area contributed by atoms with Crippen molar-refractivity contribution < 1.29 is 33.4 Å². The first-order valence-electron chi connectivity index (χ1n) is 9.68. The second kappa shape index (κ2) is 10.1. The number of hydrogen-bond acceptors (Lipinski definition) is 8. The molecular formula is C23H21NO7S. The minimum Gasteiger partial charge on any atom is -0.497 e. The van der Waals surface area contributed by atoms with E-state index in [0.717, 1.165) is 16.7 Å². The Hall–Kier alpha value is -3.59. The standard InChI is InChI=1S/C23H21NO7S/c1-14(2)30-20(25)13-24-21(26)19(32-23(24)28)12-15-4-8-18(9-5-15)31-22(27)16-6-10-17(29-3)11-7-16/h4-12,14H,13H2,1-3H3/b19-12+. The van der Waals surface area contributed by atoms with Gasteiger partial charge in [0.1, 0.15) is 18.0 Å². The lowest BCUT2D eigenvalue weighted by atomic mass is 10.2. The first-order valence-corrected chi connectivity index (χ1v) is 10.5. The van der Waals surface area contributed by atoms with Crippen LogP contribution in [0, 0.1) is 0 Å². The van der Waals surface area contributed by atoms with Gasteiger partial charge in [-0.05, 0) is 73.6 Å². The smallest absolute Gasteiger partial charge is 0.343 e. The van der Waals surface area contributed by atoms with Crippen LogP contribution in [-0.2, 0) is 14.3 Å². The summed E-state index contributed by atoms with van der Waals surface area (Å²) in [4.78, 5) is 49.7. The van der Waals surface area contributed by atoms with E-state index in [0.29, 0.717) is 22.6 Å². The fourth-order valence-corrected chi connectivity index (χ4v) is 3.58. The van der Waals surface area contributed by atoms with Crippen molar-refractivity contribution >= 4 is 40.9 Å². The minimum absolute atomic E-state index is 0.190. The Balaban J connectivity index is 1.64. The SMILES string of the molecule is COc1ccc(C(=O)Oc2ccc(/C=C3/SC(=O)N(CC(=O)OC(C)C)C3=O)cc2)cc1. The summed E-state index contributed by atoms with van der Waals surface area (Å²) in [5.74, 6) is -0.767. The number of methoxy groups -OCH3 is 1. The van der Waals surface area contributed by atoms with Crippen LogP contribution in [0.4, 0.5) is 4.79 Å². The van der Waals surface area contributed by atoms with E-state index in [2.05, 4.69) is 0 Å². The zero-order valence-electron chi connectivity index (χ0n) is 17.7. The topological polar surface area (TPSA) is 99.2 Å². The highest BCUT2D eigenvalue weighted by atomic mass is 32.2. The molecule has 166 valence electrons. The molecule has 1 aliphatic rings. The quantitative estimate of drug-likeness (QED) is 0.352. The average molecular weight is 455 g/mol. The van der Waals surface area contributed by atoms with E-state index in [4.69, 9.17) is 14.2 Å². The molecule has 0 spiro atoms. The predicted octanol–water partition coefficient (Wildman–Crippen LogP) is 3.90. The van der Waals surface area contributed by atoms with Gasteiger partial charge in [-0.2, -0.15) is 0 Å². The summed E-state index contributed by atoms with van der Waals surface area (Å²) in [6.07, 6.45) is 1.20. The molecule has 2 aromatic rings. The molecule has 1 aliphatic heterocycles. The number of hydrogen-bond donors (Lipinski definition) is 0. The number of imide groups is 1. The molecule has 0 unspecified atom stereocenters. The average Bonchev–Trinajstić information content (AvgIpc) is 3.02. The molecule has 32 heavy (non-hydrogen) atoms. The first-order chi connectivity index (χ1) is 15.3. The molecule has 0 bridgehead atoms. The number of amides is 2. The molecule has 1 heterocycles. The summed E-state index contributed by atoms with van der Waals surface area (Å²) in [5.41, 5.74) is 1.00. The Labute approximate surface area is 189 Å². The number of thioether (sulfide) groups is 1. The van der Waals surface area contributed by atoms with Crippen LogP contribution in [0.1, 0.15) is 29.8 Å². The van der Waals surface area contributed by atoms with E-state index < -0.39 is 29.6 Å². The van der Waals surface area contributed by atoms with Gasteiger partial charge in [0.25, 0.3) is 11.1 Å². The summed E-state index contributed by atoms with van der Waals surface area (Å²) >= 11 is 0.748. The van der Waals surface area contributed by atoms with Crippen molar-refractivity contribution in [3.63, 3.8) is 0 Å². The second-order valence-corrected chi connectivity index (χ2v) is 7.99. The van der Waals surface area contributed by atoms with Gasteiger partial charge in [0.15, 0.2) is 0 Å². The molecule has 2 amide bonds. The minimum atomic E-state index is -0.647. The Morgan fingerprint density at radius 3 is 2.22 bits per heavy atom. The number of ether oxygens (including phenoxy) is 3. The molecule has 1 fully saturated rings. The normalized spacial score (nSPS) is 14.8. The summed E-state index contributed by atoms with van der Waals surface area (Å²) < 4.78 is 15.4. The Morgan fingerprint density at radius 2 is 1.62 bits per heavy atom. The Bertz CT molecular complexity index is 1060. The van der Waals surface area contributed by atoms with E-state index in [1.165, 1.54) is 13.2 Å². The van der Waals surface area contributed by atoms with Crippen LogP contribution < -0.4 is 9.47 Å². The zero-order valence-corrected chi connectivity index (χ0v) is 18.5. The highest BCUT2D eigenvalue weighted by molar-refractivity contribution is 8.18. The van der Waals surface area contributed by atoms with Crippen molar-refractivity contribution in [1.82, 2.24) is 4.90 Å². The van der Waals surface area contributed by atoms with Crippen LogP contribution >= 0.6 is 11.8 Å². The number of benzene rings is 2. The van der Waals surface area contributed by atoms with Crippen molar-refractivity contribution in [3.05, 3.63) is 64.6 Å². The van der Waals surface area contributed by atoms with Crippen molar-refractivity contribution in [2.45, 2.75) is 20.0 Å². The van der Waals surface area contributed by atoms with Gasteiger partial charge < -0.3 is 14.2 Å². The maximum absolute atomic E-state index is 12.5. The third-order valence-electron chi connectivity index (χ3n) is 4.24. The van der Waals surface area contributed by atoms with Gasteiger partial charge in [0, 0.05) is 0 Å². The summed E-state index contributed by atoms with van der Waals surface area (Å²) in [7, 11) is 1.54. The van der Waals surface area contributed by atoms with Crippen LogP contribution in [0.15, 0.2) is 53.4 Å². The molecule has 9 heteroatoms. The highest BCUT2D eigenvalue weighted by Crippen LogP contribution is 2.32. The molecule has 1 saturated heterocycles. The molecule has 3 rings (SSSR count). The highest BCUT2D eigenvalue weighted by Gasteiger charge is 2.36. The van der Waals surface area contributed by atoms with Gasteiger partial charge >= 0.3 is 11.9 Å². The molecule has 0 N–H and O–H groups in total. The fourth-order valence-electron chi connectivity index (χ4n) is 2.74. The van der Waals surface area contributed by atoms with Crippen LogP contribution in [0.3, 0.4) is 0 Å². The number of carbonyl (C=O) groups excluding carboxylic acids is 4. The van der Waals surface area contributed by atoms with Crippen molar-refractivity contribution in [1.29, 1.82) is 0 Å². The molecule has 0 atom stereocenters. The lowest BCUT2D eigenvalue weighted by Gasteiger charge is -2.13. The number of esters is 2. The molecule has 0 aliphatic carbocycles. The second-order valence-electron chi connectivity index (χ2n) is 6.99. The predicted molar refractivity (Wildman–Crippen MR) is 118 cm³/mol. The largest absolute Gasteiger partial charge is 0.497 e. The van der Waals surface area contributed by atoms with E-state index in [-0.39, 0.29) is 11.0 Å². The van der Waals surface area contributed by atoms with Gasteiger partial charge in [-0.3, -0.25) is 19.3 Å². The zero-order chi connectivity index (χ0) is 23.3. The molecule has 2 aromatic carbocycles. The number of rotatable bonds is 7. The summed E-state index contributed by atoms with van der Waals surface area (Å²) in [6.45, 7) is 2.94. The molecular weight excluding hydrogens is 434 g/mol. The van der Waals surface area contributed by atoms with Gasteiger partial charge in [-0.15, -0.1) is 0 Å². The van der Waals surface area contributed by atoms with Gasteiger partial charge in [0.2, 0.25) is 0 Å². The van der Waals surface area contributed by atoms with E-state index in [1.807, 2.05) is 0 Å². The van der Waals surface area contributed by atoms with Crippen LogP contribution in [0.25, 0.3) is 6.08 Å².